The molecule has 3 rings (SSSR count). The number of carbonyl (C=O) groups excluding carboxylic acids is 2. The predicted molar refractivity (Wildman–Crippen MR) is 93.4 cm³/mol. The highest BCUT2D eigenvalue weighted by atomic mass is 16.2. The summed E-state index contributed by atoms with van der Waals surface area (Å²) in [5, 5.41) is 3.15. The number of piperidine rings is 1. The number of primary amides is 1. The van der Waals surface area contributed by atoms with Crippen molar-refractivity contribution < 1.29 is 9.59 Å². The summed E-state index contributed by atoms with van der Waals surface area (Å²) in [6.45, 7) is 4.53. The zero-order chi connectivity index (χ0) is 16.9. The number of carbonyl (C=O) groups is 2. The Labute approximate surface area is 145 Å². The van der Waals surface area contributed by atoms with Gasteiger partial charge in [0.2, 0.25) is 5.91 Å². The predicted octanol–water partition coefficient (Wildman–Crippen LogP) is 1.55. The van der Waals surface area contributed by atoms with E-state index >= 15 is 0 Å². The van der Waals surface area contributed by atoms with E-state index in [0.717, 1.165) is 31.8 Å². The molecule has 1 aliphatic carbocycles. The van der Waals surface area contributed by atoms with E-state index in [1.54, 1.807) is 4.90 Å². The Hall–Kier alpha value is -1.30. The maximum Gasteiger partial charge on any atom is 0.317 e. The number of hydrogen-bond acceptors (Lipinski definition) is 3. The van der Waals surface area contributed by atoms with E-state index in [0.29, 0.717) is 19.5 Å². The second-order valence-electron chi connectivity index (χ2n) is 7.86. The fourth-order valence-electron chi connectivity index (χ4n) is 4.44. The molecule has 3 fully saturated rings. The van der Waals surface area contributed by atoms with E-state index in [1.807, 2.05) is 0 Å². The topological polar surface area (TPSA) is 78.7 Å². The molecule has 6 heteroatoms. The Morgan fingerprint density at radius 2 is 1.67 bits per heavy atom. The molecule has 0 aromatic rings. The average molecular weight is 336 g/mol. The van der Waals surface area contributed by atoms with E-state index in [9.17, 15) is 9.59 Å². The number of rotatable bonds is 4. The molecule has 3 aliphatic rings. The molecule has 1 saturated carbocycles. The van der Waals surface area contributed by atoms with E-state index in [-0.39, 0.29) is 23.9 Å². The molecule has 2 aliphatic heterocycles. The van der Waals surface area contributed by atoms with Crippen LogP contribution in [0.25, 0.3) is 0 Å². The molecule has 2 saturated heterocycles. The number of urea groups is 1. The quantitative estimate of drug-likeness (QED) is 0.817. The minimum absolute atomic E-state index is 0.0236. The summed E-state index contributed by atoms with van der Waals surface area (Å²) >= 11 is 0. The number of nitrogens with zero attached hydrogens (tertiary/aromatic N) is 2. The summed E-state index contributed by atoms with van der Waals surface area (Å²) in [4.78, 5) is 27.9. The van der Waals surface area contributed by atoms with Crippen molar-refractivity contribution in [3.8, 4) is 0 Å². The molecule has 0 spiro atoms. The summed E-state index contributed by atoms with van der Waals surface area (Å²) in [6, 6.07) is 0.247. The average Bonchev–Trinajstić information content (AvgIpc) is 3.08. The van der Waals surface area contributed by atoms with Crippen LogP contribution < -0.4 is 11.1 Å². The normalized spacial score (nSPS) is 27.3. The van der Waals surface area contributed by atoms with Crippen molar-refractivity contribution in [2.75, 3.05) is 32.7 Å². The molecule has 1 atom stereocenters. The summed E-state index contributed by atoms with van der Waals surface area (Å²) in [7, 11) is 0. The van der Waals surface area contributed by atoms with Crippen molar-refractivity contribution >= 4 is 11.9 Å². The summed E-state index contributed by atoms with van der Waals surface area (Å²) in [5.41, 5.74) is 5.33. The van der Waals surface area contributed by atoms with Gasteiger partial charge in [-0.15, -0.1) is 0 Å². The molecule has 0 unspecified atom stereocenters. The molecule has 0 bridgehead atoms. The van der Waals surface area contributed by atoms with E-state index in [4.69, 9.17) is 5.73 Å². The molecule has 3 N–H and O–H groups in total. The molecule has 6 nitrogen and oxygen atoms in total. The molecular formula is C18H32N4O2. The molecular weight excluding hydrogens is 304 g/mol. The van der Waals surface area contributed by atoms with Crippen LogP contribution in [0.2, 0.25) is 0 Å². The van der Waals surface area contributed by atoms with Crippen LogP contribution in [0.5, 0.6) is 0 Å². The third kappa shape index (κ3) is 4.62. The van der Waals surface area contributed by atoms with Gasteiger partial charge < -0.3 is 20.9 Å². The Morgan fingerprint density at radius 3 is 2.29 bits per heavy atom. The maximum atomic E-state index is 12.3. The molecule has 3 amide bonds. The highest BCUT2D eigenvalue weighted by Crippen LogP contribution is 2.25. The fraction of sp³-hybridized carbons (Fsp3) is 0.889. The van der Waals surface area contributed by atoms with Gasteiger partial charge in [-0.3, -0.25) is 4.79 Å². The third-order valence-corrected chi connectivity index (χ3v) is 6.03. The molecule has 24 heavy (non-hydrogen) atoms. The van der Waals surface area contributed by atoms with Gasteiger partial charge in [-0.25, -0.2) is 4.79 Å². The SMILES string of the molecule is NC(=O)[C@H]1CCN(C(=O)NC2CCN(CC3CCCCC3)CC2)C1. The Bertz CT molecular complexity index is 442. The van der Waals surface area contributed by atoms with Gasteiger partial charge in [-0.2, -0.15) is 0 Å². The zero-order valence-electron chi connectivity index (χ0n) is 14.7. The summed E-state index contributed by atoms with van der Waals surface area (Å²) < 4.78 is 0. The lowest BCUT2D eigenvalue weighted by Gasteiger charge is -2.36. The van der Waals surface area contributed by atoms with Crippen LogP contribution in [0.15, 0.2) is 0 Å². The van der Waals surface area contributed by atoms with Crippen molar-refractivity contribution in [1.82, 2.24) is 15.1 Å². The van der Waals surface area contributed by atoms with Gasteiger partial charge >= 0.3 is 6.03 Å². The van der Waals surface area contributed by atoms with Crippen LogP contribution in [0.3, 0.4) is 0 Å². The van der Waals surface area contributed by atoms with Gasteiger partial charge in [0.25, 0.3) is 0 Å². The lowest BCUT2D eigenvalue weighted by molar-refractivity contribution is -0.121. The van der Waals surface area contributed by atoms with Gasteiger partial charge in [0.15, 0.2) is 0 Å². The highest BCUT2D eigenvalue weighted by Gasteiger charge is 2.31. The minimum Gasteiger partial charge on any atom is -0.369 e. The first-order chi connectivity index (χ1) is 11.6. The van der Waals surface area contributed by atoms with Crippen molar-refractivity contribution in [1.29, 1.82) is 0 Å². The molecule has 136 valence electrons. The minimum atomic E-state index is -0.290. The van der Waals surface area contributed by atoms with Crippen molar-refractivity contribution in [2.24, 2.45) is 17.6 Å². The first-order valence-corrected chi connectivity index (χ1v) is 9.69. The van der Waals surface area contributed by atoms with Crippen LogP contribution in [0.1, 0.15) is 51.4 Å². The van der Waals surface area contributed by atoms with Gasteiger partial charge in [-0.1, -0.05) is 19.3 Å². The first-order valence-electron chi connectivity index (χ1n) is 9.69. The van der Waals surface area contributed by atoms with Crippen LogP contribution in [-0.2, 0) is 4.79 Å². The van der Waals surface area contributed by atoms with Gasteiger partial charge in [0, 0.05) is 38.8 Å². The van der Waals surface area contributed by atoms with Crippen LogP contribution in [0.4, 0.5) is 4.79 Å². The van der Waals surface area contributed by atoms with Crippen molar-refractivity contribution in [2.45, 2.75) is 57.4 Å². The number of amides is 3. The molecule has 2 heterocycles. The Balaban J connectivity index is 1.36. The van der Waals surface area contributed by atoms with Crippen LogP contribution in [-0.4, -0.2) is 60.5 Å². The second-order valence-corrected chi connectivity index (χ2v) is 7.86. The van der Waals surface area contributed by atoms with E-state index < -0.39 is 0 Å². The first kappa shape index (κ1) is 17.5. The van der Waals surface area contributed by atoms with E-state index in [2.05, 4.69) is 10.2 Å². The van der Waals surface area contributed by atoms with Crippen molar-refractivity contribution in [3.05, 3.63) is 0 Å². The van der Waals surface area contributed by atoms with Crippen LogP contribution >= 0.6 is 0 Å². The number of likely N-dealkylation sites (tertiary alicyclic amines) is 2. The van der Waals surface area contributed by atoms with Crippen LogP contribution in [0, 0.1) is 11.8 Å². The number of nitrogens with two attached hydrogens (primary N) is 1. The van der Waals surface area contributed by atoms with Gasteiger partial charge in [0.05, 0.1) is 5.92 Å². The third-order valence-electron chi connectivity index (χ3n) is 6.03. The number of nitrogens with one attached hydrogen (secondary N) is 1. The highest BCUT2D eigenvalue weighted by molar-refractivity contribution is 5.80. The smallest absolute Gasteiger partial charge is 0.317 e. The largest absolute Gasteiger partial charge is 0.369 e. The summed E-state index contributed by atoms with van der Waals surface area (Å²) in [5.74, 6) is 0.426. The molecule has 0 aromatic heterocycles. The summed E-state index contributed by atoms with van der Waals surface area (Å²) in [6.07, 6.45) is 9.77. The monoisotopic (exact) mass is 336 g/mol. The molecule has 0 aromatic carbocycles. The Kier molecular flexibility index (Phi) is 5.98. The van der Waals surface area contributed by atoms with Crippen molar-refractivity contribution in [3.63, 3.8) is 0 Å². The Morgan fingerprint density at radius 1 is 0.958 bits per heavy atom. The second kappa shape index (κ2) is 8.19. The zero-order valence-corrected chi connectivity index (χ0v) is 14.7. The standard InChI is InChI=1S/C18H32N4O2/c19-17(23)15-6-11-22(13-15)18(24)20-16-7-9-21(10-8-16)12-14-4-2-1-3-5-14/h14-16H,1-13H2,(H2,19,23)(H,20,24)/t15-/m0/s1. The maximum absolute atomic E-state index is 12.3. The molecule has 0 radical (unpaired) electrons. The lowest BCUT2D eigenvalue weighted by Crippen LogP contribution is -2.49. The fourth-order valence-corrected chi connectivity index (χ4v) is 4.44. The van der Waals surface area contributed by atoms with Gasteiger partial charge in [0.1, 0.15) is 0 Å². The lowest BCUT2D eigenvalue weighted by atomic mass is 9.88. The van der Waals surface area contributed by atoms with Gasteiger partial charge in [-0.05, 0) is 38.0 Å². The number of hydrogen-bond donors (Lipinski definition) is 2. The van der Waals surface area contributed by atoms with E-state index in [1.165, 1.54) is 38.6 Å².